The molecule has 1 atom stereocenters. The van der Waals surface area contributed by atoms with E-state index in [1.807, 2.05) is 49.0 Å². The van der Waals surface area contributed by atoms with E-state index >= 15 is 0 Å². The Morgan fingerprint density at radius 1 is 1.12 bits per heavy atom. The molecule has 1 amide bonds. The van der Waals surface area contributed by atoms with E-state index in [0.29, 0.717) is 37.5 Å². The summed E-state index contributed by atoms with van der Waals surface area (Å²) in [5, 5.41) is 3.14. The minimum absolute atomic E-state index is 0.119. The smallest absolute Gasteiger partial charge is 0.243 e. The monoisotopic (exact) mass is 482 g/mol. The summed E-state index contributed by atoms with van der Waals surface area (Å²) in [7, 11) is -0.0944. The normalized spacial score (nSPS) is 16.2. The maximum Gasteiger partial charge on any atom is 0.243 e. The minimum atomic E-state index is -3.57. The van der Waals surface area contributed by atoms with Gasteiger partial charge in [0.05, 0.1) is 12.0 Å². The van der Waals surface area contributed by atoms with Gasteiger partial charge < -0.3 is 14.6 Å². The number of benzene rings is 2. The number of nitrogens with one attached hydrogen (secondary N) is 1. The van der Waals surface area contributed by atoms with Crippen molar-refractivity contribution in [2.24, 2.45) is 13.0 Å². The number of para-hydroxylation sites is 1. The van der Waals surface area contributed by atoms with Gasteiger partial charge in [-0.3, -0.25) is 4.79 Å². The topological polar surface area (TPSA) is 93.5 Å². The predicted octanol–water partition coefficient (Wildman–Crippen LogP) is 3.04. The molecule has 1 aliphatic rings. The van der Waals surface area contributed by atoms with Gasteiger partial charge in [-0.05, 0) is 38.0 Å². The maximum absolute atomic E-state index is 13.3. The lowest BCUT2D eigenvalue weighted by molar-refractivity contribution is -0.126. The van der Waals surface area contributed by atoms with Gasteiger partial charge in [-0.25, -0.2) is 13.4 Å². The number of nitrogens with zero attached hydrogens (tertiary/aromatic N) is 3. The van der Waals surface area contributed by atoms with Crippen LogP contribution >= 0.6 is 0 Å². The molecule has 0 radical (unpaired) electrons. The van der Waals surface area contributed by atoms with Gasteiger partial charge in [-0.15, -0.1) is 0 Å². The van der Waals surface area contributed by atoms with Crippen LogP contribution in [0.2, 0.25) is 0 Å². The third-order valence-electron chi connectivity index (χ3n) is 6.34. The number of carbonyl (C=O) groups excluding carboxylic acids is 1. The average molecular weight is 483 g/mol. The predicted molar refractivity (Wildman–Crippen MR) is 129 cm³/mol. The zero-order chi connectivity index (χ0) is 24.3. The molecule has 0 saturated carbocycles. The van der Waals surface area contributed by atoms with Crippen LogP contribution in [0.15, 0.2) is 65.8 Å². The minimum Gasteiger partial charge on any atom is -0.496 e. The second-order valence-corrected chi connectivity index (χ2v) is 10.5. The molecule has 0 bridgehead atoms. The number of sulfonamides is 1. The zero-order valence-corrected chi connectivity index (χ0v) is 20.5. The lowest BCUT2D eigenvalue weighted by atomic mass is 9.96. The Morgan fingerprint density at radius 2 is 1.79 bits per heavy atom. The number of methoxy groups -OCH3 is 1. The van der Waals surface area contributed by atoms with E-state index in [0.717, 1.165) is 11.1 Å². The molecular formula is C25H30N4O4S. The summed E-state index contributed by atoms with van der Waals surface area (Å²) < 4.78 is 34.9. The summed E-state index contributed by atoms with van der Waals surface area (Å²) in [5.41, 5.74) is 1.82. The third-order valence-corrected chi connectivity index (χ3v) is 8.25. The molecule has 0 spiro atoms. The van der Waals surface area contributed by atoms with E-state index in [2.05, 4.69) is 10.3 Å². The van der Waals surface area contributed by atoms with Crippen LogP contribution in [0.4, 0.5) is 0 Å². The molecular weight excluding hydrogens is 452 g/mol. The molecule has 180 valence electrons. The van der Waals surface area contributed by atoms with Crippen molar-refractivity contribution in [2.45, 2.75) is 30.7 Å². The van der Waals surface area contributed by atoms with E-state index < -0.39 is 16.1 Å². The lowest BCUT2D eigenvalue weighted by Crippen LogP contribution is -2.44. The van der Waals surface area contributed by atoms with Crippen molar-refractivity contribution in [3.63, 3.8) is 0 Å². The first-order valence-corrected chi connectivity index (χ1v) is 12.7. The molecule has 1 unspecified atom stereocenters. The first-order valence-electron chi connectivity index (χ1n) is 11.3. The highest BCUT2D eigenvalue weighted by molar-refractivity contribution is 7.89. The largest absolute Gasteiger partial charge is 0.496 e. The number of aromatic nitrogens is 2. The Bertz CT molecular complexity index is 1250. The molecule has 0 aliphatic carbocycles. The number of hydrogen-bond donors (Lipinski definition) is 1. The fourth-order valence-electron chi connectivity index (χ4n) is 4.32. The van der Waals surface area contributed by atoms with Gasteiger partial charge in [0.15, 0.2) is 0 Å². The van der Waals surface area contributed by atoms with Crippen LogP contribution in [0.1, 0.15) is 35.8 Å². The molecule has 34 heavy (non-hydrogen) atoms. The molecule has 1 saturated heterocycles. The number of aryl methyl sites for hydroxylation is 2. The standard InChI is InChI=1S/C25H30N4O4S/c1-18-8-10-20(11-9-18)34(31,32)29-15-12-19(13-16-29)25(30)27-23(24-26-14-17-28(24)2)21-6-4-5-7-22(21)33-3/h4-11,14,17,19,23H,12-13,15-16H2,1-3H3,(H,27,30). The SMILES string of the molecule is COc1ccccc1C(NC(=O)C1CCN(S(=O)(=O)c2ccc(C)cc2)CC1)c1nccn1C. The van der Waals surface area contributed by atoms with Gasteiger partial charge in [-0.2, -0.15) is 4.31 Å². The Kier molecular flexibility index (Phi) is 7.04. The van der Waals surface area contributed by atoms with Gasteiger partial charge in [0.1, 0.15) is 17.6 Å². The van der Waals surface area contributed by atoms with Gasteiger partial charge in [0.2, 0.25) is 15.9 Å². The van der Waals surface area contributed by atoms with Gasteiger partial charge >= 0.3 is 0 Å². The van der Waals surface area contributed by atoms with Crippen LogP contribution in [-0.2, 0) is 21.9 Å². The summed E-state index contributed by atoms with van der Waals surface area (Å²) in [6, 6.07) is 13.9. The Morgan fingerprint density at radius 3 is 2.41 bits per heavy atom. The van der Waals surface area contributed by atoms with Crippen molar-refractivity contribution < 1.29 is 17.9 Å². The third kappa shape index (κ3) is 4.85. The number of carbonyl (C=O) groups is 1. The second-order valence-electron chi connectivity index (χ2n) is 8.57. The van der Waals surface area contributed by atoms with E-state index in [9.17, 15) is 13.2 Å². The van der Waals surface area contributed by atoms with Gasteiger partial charge in [0, 0.05) is 44.0 Å². The number of hydrogen-bond acceptors (Lipinski definition) is 5. The quantitative estimate of drug-likeness (QED) is 0.559. The van der Waals surface area contributed by atoms with Crippen LogP contribution in [0.5, 0.6) is 5.75 Å². The number of rotatable bonds is 7. The molecule has 9 heteroatoms. The fourth-order valence-corrected chi connectivity index (χ4v) is 5.79. The highest BCUT2D eigenvalue weighted by Gasteiger charge is 2.34. The molecule has 2 aromatic carbocycles. The molecule has 1 aliphatic heterocycles. The van der Waals surface area contributed by atoms with Gasteiger partial charge in [0.25, 0.3) is 0 Å². The van der Waals surface area contributed by atoms with E-state index in [-0.39, 0.29) is 16.7 Å². The van der Waals surface area contributed by atoms with Crippen molar-refractivity contribution in [3.8, 4) is 5.75 Å². The maximum atomic E-state index is 13.3. The van der Waals surface area contributed by atoms with Crippen LogP contribution in [0.25, 0.3) is 0 Å². The summed E-state index contributed by atoms with van der Waals surface area (Å²) in [4.78, 5) is 18.0. The molecule has 2 heterocycles. The average Bonchev–Trinajstić information content (AvgIpc) is 3.28. The summed E-state index contributed by atoms with van der Waals surface area (Å²) in [6.07, 6.45) is 4.43. The highest BCUT2D eigenvalue weighted by Crippen LogP contribution is 2.30. The molecule has 1 fully saturated rings. The Balaban J connectivity index is 1.48. The number of imidazole rings is 1. The Labute approximate surface area is 200 Å². The van der Waals surface area contributed by atoms with Crippen LogP contribution in [0.3, 0.4) is 0 Å². The van der Waals surface area contributed by atoms with Crippen molar-refractivity contribution in [1.29, 1.82) is 0 Å². The number of ether oxygens (including phenoxy) is 1. The van der Waals surface area contributed by atoms with Gasteiger partial charge in [-0.1, -0.05) is 35.9 Å². The first kappa shape index (κ1) is 24.0. The molecule has 4 rings (SSSR count). The number of amides is 1. The van der Waals surface area contributed by atoms with Crippen molar-refractivity contribution >= 4 is 15.9 Å². The summed E-state index contributed by atoms with van der Waals surface area (Å²) in [5.74, 6) is 0.945. The first-order chi connectivity index (χ1) is 16.3. The molecule has 8 nitrogen and oxygen atoms in total. The van der Waals surface area contributed by atoms with Crippen molar-refractivity contribution in [1.82, 2.24) is 19.2 Å². The molecule has 1 N–H and O–H groups in total. The fraction of sp³-hybridized carbons (Fsp3) is 0.360. The zero-order valence-electron chi connectivity index (χ0n) is 19.6. The molecule has 1 aromatic heterocycles. The van der Waals surface area contributed by atoms with Crippen molar-refractivity contribution in [3.05, 3.63) is 77.9 Å². The number of piperidine rings is 1. The summed E-state index contributed by atoms with van der Waals surface area (Å²) >= 11 is 0. The second kappa shape index (κ2) is 9.99. The van der Waals surface area contributed by atoms with E-state index in [1.165, 1.54) is 4.31 Å². The van der Waals surface area contributed by atoms with Crippen molar-refractivity contribution in [2.75, 3.05) is 20.2 Å². The molecule has 3 aromatic rings. The highest BCUT2D eigenvalue weighted by atomic mass is 32.2. The Hall–Kier alpha value is -3.17. The van der Waals surface area contributed by atoms with Crippen LogP contribution in [-0.4, -0.2) is 48.4 Å². The summed E-state index contributed by atoms with van der Waals surface area (Å²) in [6.45, 7) is 2.52. The van der Waals surface area contributed by atoms with Crippen LogP contribution < -0.4 is 10.1 Å². The van der Waals surface area contributed by atoms with E-state index in [1.54, 1.807) is 37.6 Å². The van der Waals surface area contributed by atoms with E-state index in [4.69, 9.17) is 4.74 Å². The lowest BCUT2D eigenvalue weighted by Gasteiger charge is -2.31. The van der Waals surface area contributed by atoms with Crippen LogP contribution in [0, 0.1) is 12.8 Å².